The highest BCUT2D eigenvalue weighted by atomic mass is 19.3. The molecule has 0 aromatic rings. The number of nitrogens with one attached hydrogen (secondary N) is 1. The van der Waals surface area contributed by atoms with Crippen molar-refractivity contribution in [2.75, 3.05) is 26.3 Å². The molecule has 2 aliphatic heterocycles. The molecule has 2 saturated heterocycles. The van der Waals surface area contributed by atoms with Crippen LogP contribution in [0.4, 0.5) is 8.78 Å². The first-order valence-corrected chi connectivity index (χ1v) is 9.28. The van der Waals surface area contributed by atoms with Gasteiger partial charge in [0.15, 0.2) is 0 Å². The van der Waals surface area contributed by atoms with Gasteiger partial charge in [-0.15, -0.1) is 0 Å². The highest BCUT2D eigenvalue weighted by Gasteiger charge is 2.38. The van der Waals surface area contributed by atoms with Crippen molar-refractivity contribution in [3.63, 3.8) is 0 Å². The van der Waals surface area contributed by atoms with Crippen molar-refractivity contribution in [2.45, 2.75) is 72.8 Å². The summed E-state index contributed by atoms with van der Waals surface area (Å²) in [4.78, 5) is 24.7. The van der Waals surface area contributed by atoms with E-state index >= 15 is 0 Å². The Morgan fingerprint density at radius 1 is 1.04 bits per heavy atom. The maximum Gasteiger partial charge on any atom is 0.251 e. The summed E-state index contributed by atoms with van der Waals surface area (Å²) in [6.07, 6.45) is 0.547. The molecule has 0 aliphatic carbocycles. The number of halogens is 2. The molecule has 0 radical (unpaired) electrons. The van der Waals surface area contributed by atoms with E-state index in [-0.39, 0.29) is 49.2 Å². The Morgan fingerprint density at radius 2 is 1.58 bits per heavy atom. The molecular weight excluding hydrogens is 342 g/mol. The number of carbonyl (C=O) groups is 2. The second-order valence-corrected chi connectivity index (χ2v) is 9.18. The standard InChI is InChI=1S/C10H17F2NO.C9H17NO2/c1-9(2,3)8(14)13-6-4-10(11,12)5-7-13;1-9(2,3)8(11)10-7-4-5-12-6-7/h4-7H2,1-3H3;7H,4-6H2,1-3H3,(H,10,11)/t;7-/m.0/s1. The lowest BCUT2D eigenvalue weighted by Gasteiger charge is -2.35. The molecule has 0 saturated carbocycles. The van der Waals surface area contributed by atoms with Crippen molar-refractivity contribution in [1.29, 1.82) is 0 Å². The van der Waals surface area contributed by atoms with Gasteiger partial charge < -0.3 is 15.0 Å². The van der Waals surface area contributed by atoms with Gasteiger partial charge in [0.25, 0.3) is 5.92 Å². The number of hydrogen-bond acceptors (Lipinski definition) is 3. The van der Waals surface area contributed by atoms with Crippen molar-refractivity contribution >= 4 is 11.8 Å². The molecule has 1 N–H and O–H groups in total. The predicted molar refractivity (Wildman–Crippen MR) is 97.0 cm³/mol. The van der Waals surface area contributed by atoms with E-state index in [9.17, 15) is 18.4 Å². The Balaban J connectivity index is 0.000000263. The van der Waals surface area contributed by atoms with Gasteiger partial charge in [0.2, 0.25) is 11.8 Å². The van der Waals surface area contributed by atoms with Crippen LogP contribution >= 0.6 is 0 Å². The fourth-order valence-electron chi connectivity index (χ4n) is 2.56. The van der Waals surface area contributed by atoms with Crippen molar-refractivity contribution in [1.82, 2.24) is 10.2 Å². The highest BCUT2D eigenvalue weighted by molar-refractivity contribution is 5.82. The molecule has 2 rings (SSSR count). The third-order valence-electron chi connectivity index (χ3n) is 4.37. The Labute approximate surface area is 155 Å². The Kier molecular flexibility index (Phi) is 7.57. The van der Waals surface area contributed by atoms with Crippen molar-refractivity contribution < 1.29 is 23.1 Å². The van der Waals surface area contributed by atoms with Crippen LogP contribution in [-0.2, 0) is 14.3 Å². The van der Waals surface area contributed by atoms with Gasteiger partial charge in [0.05, 0.1) is 12.6 Å². The largest absolute Gasteiger partial charge is 0.379 e. The van der Waals surface area contributed by atoms with Crippen LogP contribution in [0.15, 0.2) is 0 Å². The van der Waals surface area contributed by atoms with Crippen LogP contribution in [-0.4, -0.2) is 55.0 Å². The van der Waals surface area contributed by atoms with Gasteiger partial charge in [0.1, 0.15) is 0 Å². The predicted octanol–water partition coefficient (Wildman–Crippen LogP) is 3.23. The number of alkyl halides is 2. The SMILES string of the molecule is CC(C)(C)C(=O)N1CCC(F)(F)CC1.CC(C)(C)C(=O)N[C@H]1CCOC1. The lowest BCUT2D eigenvalue weighted by atomic mass is 9.93. The van der Waals surface area contributed by atoms with Gasteiger partial charge in [-0.05, 0) is 6.42 Å². The Morgan fingerprint density at radius 3 is 1.96 bits per heavy atom. The highest BCUT2D eigenvalue weighted by Crippen LogP contribution is 2.29. The van der Waals surface area contributed by atoms with Crippen LogP contribution in [0.2, 0.25) is 0 Å². The molecule has 5 nitrogen and oxygen atoms in total. The van der Waals surface area contributed by atoms with Crippen molar-refractivity contribution in [2.24, 2.45) is 10.8 Å². The first-order chi connectivity index (χ1) is 11.7. The fraction of sp³-hybridized carbons (Fsp3) is 0.895. The first kappa shape index (κ1) is 22.8. The number of carbonyl (C=O) groups excluding carboxylic acids is 2. The second kappa shape index (κ2) is 8.63. The average molecular weight is 376 g/mol. The number of piperidine rings is 1. The maximum atomic E-state index is 12.8. The van der Waals surface area contributed by atoms with E-state index in [0.717, 1.165) is 13.0 Å². The summed E-state index contributed by atoms with van der Waals surface area (Å²) in [5, 5.41) is 2.95. The molecule has 26 heavy (non-hydrogen) atoms. The second-order valence-electron chi connectivity index (χ2n) is 9.18. The van der Waals surface area contributed by atoms with Gasteiger partial charge in [0, 0.05) is 43.4 Å². The first-order valence-electron chi connectivity index (χ1n) is 9.28. The van der Waals surface area contributed by atoms with E-state index < -0.39 is 11.3 Å². The molecule has 1 atom stereocenters. The van der Waals surface area contributed by atoms with Gasteiger partial charge in [-0.3, -0.25) is 9.59 Å². The molecule has 2 fully saturated rings. The molecule has 0 unspecified atom stereocenters. The fourth-order valence-corrected chi connectivity index (χ4v) is 2.56. The quantitative estimate of drug-likeness (QED) is 0.764. The van der Waals surface area contributed by atoms with E-state index in [1.165, 1.54) is 4.90 Å². The van der Waals surface area contributed by atoms with E-state index in [2.05, 4.69) is 5.32 Å². The van der Waals surface area contributed by atoms with Crippen LogP contribution in [0, 0.1) is 10.8 Å². The summed E-state index contributed by atoms with van der Waals surface area (Å²) < 4.78 is 30.8. The van der Waals surface area contributed by atoms with Crippen molar-refractivity contribution in [3.05, 3.63) is 0 Å². The van der Waals surface area contributed by atoms with Crippen LogP contribution in [0.3, 0.4) is 0 Å². The number of rotatable bonds is 1. The summed E-state index contributed by atoms with van der Waals surface area (Å²) in [7, 11) is 0. The molecule has 0 aromatic heterocycles. The Hall–Kier alpha value is -1.24. The van der Waals surface area contributed by atoms with Gasteiger partial charge in [-0.25, -0.2) is 8.78 Å². The molecular formula is C19H34F2N2O3. The van der Waals surface area contributed by atoms with Gasteiger partial charge >= 0.3 is 0 Å². The third kappa shape index (κ3) is 7.56. The monoisotopic (exact) mass is 376 g/mol. The summed E-state index contributed by atoms with van der Waals surface area (Å²) in [6.45, 7) is 13.0. The zero-order valence-corrected chi connectivity index (χ0v) is 17.0. The minimum atomic E-state index is -2.57. The van der Waals surface area contributed by atoms with Crippen molar-refractivity contribution in [3.8, 4) is 0 Å². The van der Waals surface area contributed by atoms with Gasteiger partial charge in [-0.2, -0.15) is 0 Å². The minimum absolute atomic E-state index is 0.0343. The minimum Gasteiger partial charge on any atom is -0.379 e. The number of amides is 2. The number of ether oxygens (including phenoxy) is 1. The van der Waals surface area contributed by atoms with E-state index in [1.54, 1.807) is 0 Å². The zero-order valence-electron chi connectivity index (χ0n) is 17.0. The molecule has 7 heteroatoms. The Bertz CT molecular complexity index is 480. The number of hydrogen-bond donors (Lipinski definition) is 1. The molecule has 0 bridgehead atoms. The van der Waals surface area contributed by atoms with E-state index in [1.807, 2.05) is 41.5 Å². The van der Waals surface area contributed by atoms with Crippen LogP contribution < -0.4 is 5.32 Å². The van der Waals surface area contributed by atoms with Crippen LogP contribution in [0.1, 0.15) is 60.8 Å². The van der Waals surface area contributed by atoms with E-state index in [4.69, 9.17) is 4.74 Å². The van der Waals surface area contributed by atoms with Crippen LogP contribution in [0.5, 0.6) is 0 Å². The summed E-state index contributed by atoms with van der Waals surface area (Å²) in [6, 6.07) is 0.233. The third-order valence-corrected chi connectivity index (χ3v) is 4.37. The molecule has 152 valence electrons. The average Bonchev–Trinajstić information content (AvgIpc) is 2.98. The summed E-state index contributed by atoms with van der Waals surface area (Å²) >= 11 is 0. The van der Waals surface area contributed by atoms with E-state index in [0.29, 0.717) is 6.61 Å². The molecule has 0 spiro atoms. The summed E-state index contributed by atoms with van der Waals surface area (Å²) in [5.41, 5.74) is -0.755. The number of nitrogens with zero attached hydrogens (tertiary/aromatic N) is 1. The zero-order chi connectivity index (χ0) is 20.2. The molecule has 2 heterocycles. The normalized spacial score (nSPS) is 23.1. The topological polar surface area (TPSA) is 58.6 Å². The smallest absolute Gasteiger partial charge is 0.251 e. The summed E-state index contributed by atoms with van der Waals surface area (Å²) in [5.74, 6) is -2.50. The molecule has 0 aromatic carbocycles. The molecule has 2 amide bonds. The molecule has 2 aliphatic rings. The van der Waals surface area contributed by atoms with Crippen LogP contribution in [0.25, 0.3) is 0 Å². The van der Waals surface area contributed by atoms with Gasteiger partial charge in [-0.1, -0.05) is 41.5 Å². The lowest BCUT2D eigenvalue weighted by molar-refractivity contribution is -0.145. The number of likely N-dealkylation sites (tertiary alicyclic amines) is 1. The maximum absolute atomic E-state index is 12.8. The lowest BCUT2D eigenvalue weighted by Crippen LogP contribution is -2.46.